The third kappa shape index (κ3) is 22.2. The Balaban J connectivity index is 0. The molecule has 0 fully saturated rings. The van der Waals surface area contributed by atoms with E-state index < -0.39 is 0 Å². The lowest BCUT2D eigenvalue weighted by atomic mass is 10.1. The molecule has 0 aliphatic heterocycles. The van der Waals surface area contributed by atoms with Crippen LogP contribution in [0.25, 0.3) is 0 Å². The quantitative estimate of drug-likeness (QED) is 0.137. The molecule has 2 aromatic heterocycles. The maximum Gasteiger partial charge on any atom is 0.243 e. The van der Waals surface area contributed by atoms with Crippen molar-refractivity contribution in [2.24, 2.45) is 0 Å². The monoisotopic (exact) mass is 660 g/mol. The van der Waals surface area contributed by atoms with Crippen LogP contribution in [0.1, 0.15) is 143 Å². The number of rotatable bonds is 22. The van der Waals surface area contributed by atoms with E-state index in [-0.39, 0.29) is 34.0 Å². The van der Waals surface area contributed by atoms with E-state index >= 15 is 0 Å². The highest BCUT2D eigenvalue weighted by molar-refractivity contribution is 4.67. The normalized spacial score (nSPS) is 10.4. The summed E-state index contributed by atoms with van der Waals surface area (Å²) in [7, 11) is 0. The Morgan fingerprint density at radius 2 is 0.737 bits per heavy atom. The van der Waals surface area contributed by atoms with Crippen LogP contribution in [-0.2, 0) is 26.2 Å². The molecule has 0 aliphatic rings. The van der Waals surface area contributed by atoms with Crippen molar-refractivity contribution in [1.82, 2.24) is 9.13 Å². The van der Waals surface area contributed by atoms with E-state index in [4.69, 9.17) is 0 Å². The Kier molecular flexibility index (Phi) is 30.5. The number of unbranched alkanes of at least 4 members (excludes halogenated alkanes) is 14. The van der Waals surface area contributed by atoms with Gasteiger partial charge in [0.1, 0.15) is 24.8 Å². The minimum atomic E-state index is 0. The molecule has 0 saturated carbocycles. The van der Waals surface area contributed by atoms with Crippen molar-refractivity contribution in [2.45, 2.75) is 169 Å². The van der Waals surface area contributed by atoms with Crippen LogP contribution >= 0.6 is 0 Å². The molecule has 0 aromatic carbocycles. The molecule has 2 rings (SSSR count). The number of hydrogen-bond acceptors (Lipinski definition) is 0. The highest BCUT2D eigenvalue weighted by atomic mass is 79.9. The predicted molar refractivity (Wildman–Crippen MR) is 155 cm³/mol. The van der Waals surface area contributed by atoms with Gasteiger partial charge in [0.15, 0.2) is 0 Å². The lowest BCUT2D eigenvalue weighted by molar-refractivity contribution is -0.696. The first-order valence-electron chi connectivity index (χ1n) is 15.8. The minimum Gasteiger partial charge on any atom is -1.00 e. The zero-order valence-electron chi connectivity index (χ0n) is 25.6. The number of halogens is 2. The molecule has 2 heterocycles. The van der Waals surface area contributed by atoms with E-state index in [0.29, 0.717) is 0 Å². The molecule has 2 aromatic rings. The van der Waals surface area contributed by atoms with Gasteiger partial charge in [0.25, 0.3) is 0 Å². The maximum absolute atomic E-state index is 2.33. The number of aromatic nitrogens is 4. The molecule has 0 aliphatic carbocycles. The molecular formula is C32H62Br2N4. The van der Waals surface area contributed by atoms with Gasteiger partial charge in [-0.1, -0.05) is 105 Å². The highest BCUT2D eigenvalue weighted by Gasteiger charge is 2.03. The van der Waals surface area contributed by atoms with Gasteiger partial charge in [-0.15, -0.1) is 0 Å². The molecular weight excluding hydrogens is 600 g/mol. The van der Waals surface area contributed by atoms with Crippen molar-refractivity contribution < 1.29 is 43.1 Å². The van der Waals surface area contributed by atoms with Gasteiger partial charge in [-0.05, 0) is 38.5 Å². The second-order valence-corrected chi connectivity index (χ2v) is 10.7. The smallest absolute Gasteiger partial charge is 0.243 e. The van der Waals surface area contributed by atoms with E-state index in [9.17, 15) is 0 Å². The molecule has 0 saturated heterocycles. The fourth-order valence-corrected chi connectivity index (χ4v) is 4.78. The van der Waals surface area contributed by atoms with E-state index in [2.05, 4.69) is 83.4 Å². The van der Waals surface area contributed by atoms with Crippen LogP contribution in [0.15, 0.2) is 37.4 Å². The van der Waals surface area contributed by atoms with Crippen LogP contribution < -0.4 is 43.1 Å². The molecule has 0 radical (unpaired) electrons. The van der Waals surface area contributed by atoms with Gasteiger partial charge >= 0.3 is 0 Å². The number of hydrogen-bond donors (Lipinski definition) is 0. The molecule has 0 amide bonds. The highest BCUT2D eigenvalue weighted by Crippen LogP contribution is 2.10. The van der Waals surface area contributed by atoms with Gasteiger partial charge in [-0.3, -0.25) is 0 Å². The predicted octanol–water partition coefficient (Wildman–Crippen LogP) is 2.66. The summed E-state index contributed by atoms with van der Waals surface area (Å²) in [6.45, 7) is 13.7. The SMILES string of the molecule is CCCCCCCCCCn1cc[n+](CCC)c1.CCCCCCCCCCn1cc[n+](CCC)c1.[Br-].[Br-]. The van der Waals surface area contributed by atoms with Crippen LogP contribution in [0, 0.1) is 0 Å². The largest absolute Gasteiger partial charge is 1.00 e. The molecule has 0 spiro atoms. The fraction of sp³-hybridized carbons (Fsp3) is 0.812. The summed E-state index contributed by atoms with van der Waals surface area (Å²) >= 11 is 0. The molecule has 4 nitrogen and oxygen atoms in total. The van der Waals surface area contributed by atoms with Crippen LogP contribution in [0.2, 0.25) is 0 Å². The molecule has 224 valence electrons. The average molecular weight is 663 g/mol. The van der Waals surface area contributed by atoms with Crippen LogP contribution in [0.3, 0.4) is 0 Å². The summed E-state index contributed by atoms with van der Waals surface area (Å²) in [5.41, 5.74) is 0. The number of imidazole rings is 2. The van der Waals surface area contributed by atoms with Crippen molar-refractivity contribution in [3.63, 3.8) is 0 Å². The van der Waals surface area contributed by atoms with E-state index in [1.807, 2.05) is 0 Å². The first kappa shape index (κ1) is 39.5. The topological polar surface area (TPSA) is 17.6 Å². The van der Waals surface area contributed by atoms with Crippen molar-refractivity contribution in [3.8, 4) is 0 Å². The van der Waals surface area contributed by atoms with Crippen LogP contribution in [-0.4, -0.2) is 9.13 Å². The Morgan fingerprint density at radius 3 is 1.05 bits per heavy atom. The molecule has 0 bridgehead atoms. The first-order valence-corrected chi connectivity index (χ1v) is 15.8. The van der Waals surface area contributed by atoms with Gasteiger partial charge in [0.05, 0.1) is 26.2 Å². The van der Waals surface area contributed by atoms with E-state index in [1.54, 1.807) is 0 Å². The Labute approximate surface area is 258 Å². The Hall–Kier alpha value is -0.620. The molecule has 0 atom stereocenters. The first-order chi connectivity index (χ1) is 17.7. The number of nitrogens with zero attached hydrogens (tertiary/aromatic N) is 4. The van der Waals surface area contributed by atoms with E-state index in [0.717, 1.165) is 13.1 Å². The zero-order valence-corrected chi connectivity index (χ0v) is 28.7. The second-order valence-electron chi connectivity index (χ2n) is 10.7. The van der Waals surface area contributed by atoms with Gasteiger partial charge in [0, 0.05) is 0 Å². The average Bonchev–Trinajstić information content (AvgIpc) is 3.53. The van der Waals surface area contributed by atoms with Crippen LogP contribution in [0.5, 0.6) is 0 Å². The van der Waals surface area contributed by atoms with Crippen molar-refractivity contribution in [1.29, 1.82) is 0 Å². The number of aryl methyl sites for hydroxylation is 4. The minimum absolute atomic E-state index is 0. The summed E-state index contributed by atoms with van der Waals surface area (Å²) in [6.07, 6.45) is 38.1. The van der Waals surface area contributed by atoms with Crippen molar-refractivity contribution in [2.75, 3.05) is 0 Å². The summed E-state index contributed by atoms with van der Waals surface area (Å²) in [5, 5.41) is 0. The summed E-state index contributed by atoms with van der Waals surface area (Å²) in [6, 6.07) is 0. The summed E-state index contributed by atoms with van der Waals surface area (Å²) in [5.74, 6) is 0. The van der Waals surface area contributed by atoms with E-state index in [1.165, 1.54) is 129 Å². The van der Waals surface area contributed by atoms with Gasteiger partial charge < -0.3 is 34.0 Å². The summed E-state index contributed by atoms with van der Waals surface area (Å²) < 4.78 is 9.22. The summed E-state index contributed by atoms with van der Waals surface area (Å²) in [4.78, 5) is 0. The third-order valence-electron chi connectivity index (χ3n) is 7.00. The Bertz CT molecular complexity index is 654. The van der Waals surface area contributed by atoms with Crippen molar-refractivity contribution >= 4 is 0 Å². The maximum atomic E-state index is 2.33. The third-order valence-corrected chi connectivity index (χ3v) is 7.00. The standard InChI is InChI=1S/2C16H31N2.2BrH/c2*1-3-5-6-7-8-9-10-11-13-18-15-14-17(16-18)12-4-2;;/h2*14-16H,3-13H2,1-2H3;2*1H/q2*+1;;/p-2. The van der Waals surface area contributed by atoms with Gasteiger partial charge in [0.2, 0.25) is 12.7 Å². The van der Waals surface area contributed by atoms with Crippen molar-refractivity contribution in [3.05, 3.63) is 37.4 Å². The zero-order chi connectivity index (χ0) is 26.1. The fourth-order valence-electron chi connectivity index (χ4n) is 4.78. The lowest BCUT2D eigenvalue weighted by Crippen LogP contribution is -3.00. The lowest BCUT2D eigenvalue weighted by Gasteiger charge is -2.00. The molecule has 38 heavy (non-hydrogen) atoms. The molecule has 6 heteroatoms. The Morgan fingerprint density at radius 1 is 0.421 bits per heavy atom. The van der Waals surface area contributed by atoms with Gasteiger partial charge in [-0.2, -0.15) is 0 Å². The molecule has 0 N–H and O–H groups in total. The molecule has 0 unspecified atom stereocenters. The second kappa shape index (κ2) is 29.4. The van der Waals surface area contributed by atoms with Gasteiger partial charge in [-0.25, -0.2) is 18.3 Å². The van der Waals surface area contributed by atoms with Crippen LogP contribution in [0.4, 0.5) is 0 Å².